The number of hydrogen-bond acceptors (Lipinski definition) is 6. The van der Waals surface area contributed by atoms with Gasteiger partial charge in [-0.1, -0.05) is 313 Å². The van der Waals surface area contributed by atoms with Crippen molar-refractivity contribution in [2.24, 2.45) is 0 Å². The lowest BCUT2D eigenvalue weighted by molar-refractivity contribution is -0.167. The fourth-order valence-corrected chi connectivity index (χ4v) is 10.5. The lowest BCUT2D eigenvalue weighted by Crippen LogP contribution is -2.30. The van der Waals surface area contributed by atoms with E-state index < -0.39 is 6.10 Å². The number of rotatable bonds is 65. The second-order valence-corrected chi connectivity index (χ2v) is 23.8. The first-order valence-electron chi connectivity index (χ1n) is 35.1. The maximum Gasteiger partial charge on any atom is 0.306 e. The van der Waals surface area contributed by atoms with Crippen molar-refractivity contribution in [2.45, 2.75) is 386 Å². The molecule has 0 bridgehead atoms. The Kier molecular flexibility index (Phi) is 65.6. The van der Waals surface area contributed by atoms with Gasteiger partial charge >= 0.3 is 17.9 Å². The van der Waals surface area contributed by atoms with Gasteiger partial charge in [-0.05, 0) is 96.3 Å². The third-order valence-electron chi connectivity index (χ3n) is 15.8. The van der Waals surface area contributed by atoms with E-state index in [0.717, 1.165) is 70.6 Å². The minimum Gasteiger partial charge on any atom is -0.462 e. The molecule has 6 heteroatoms. The van der Waals surface area contributed by atoms with Crippen molar-refractivity contribution in [3.8, 4) is 0 Å². The first-order chi connectivity index (χ1) is 39.0. The zero-order valence-corrected chi connectivity index (χ0v) is 53.2. The first kappa shape index (κ1) is 76.4. The van der Waals surface area contributed by atoms with Crippen LogP contribution >= 0.6 is 0 Å². The van der Waals surface area contributed by atoms with Crippen LogP contribution < -0.4 is 0 Å². The molecule has 0 aromatic carbocycles. The van der Waals surface area contributed by atoms with Gasteiger partial charge in [0.1, 0.15) is 13.2 Å². The second-order valence-electron chi connectivity index (χ2n) is 23.8. The van der Waals surface area contributed by atoms with Crippen LogP contribution in [0, 0.1) is 0 Å². The van der Waals surface area contributed by atoms with E-state index in [1.165, 1.54) is 270 Å². The van der Waals surface area contributed by atoms with Crippen molar-refractivity contribution in [2.75, 3.05) is 13.2 Å². The Morgan fingerprint density at radius 1 is 0.253 bits per heavy atom. The van der Waals surface area contributed by atoms with Crippen LogP contribution in [-0.4, -0.2) is 37.2 Å². The van der Waals surface area contributed by atoms with Crippen molar-refractivity contribution >= 4 is 17.9 Å². The molecule has 0 saturated heterocycles. The highest BCUT2D eigenvalue weighted by Crippen LogP contribution is 2.18. The third kappa shape index (κ3) is 66.1. The number of carbonyl (C=O) groups excluding carboxylic acids is 3. The highest BCUT2D eigenvalue weighted by Gasteiger charge is 2.19. The SMILES string of the molecule is CCCC/C=C\CCCCCCCC(=O)OCC(COC(=O)CCCCCCCCCCCCCCCCC/C=C\CCCCCCCCCC)OC(=O)CCCCCCCCCCCCC/C=C\C/C=C\CCCCCCC. The summed E-state index contributed by atoms with van der Waals surface area (Å²) in [6, 6.07) is 0. The summed E-state index contributed by atoms with van der Waals surface area (Å²) in [4.78, 5) is 38.3. The smallest absolute Gasteiger partial charge is 0.306 e. The molecule has 0 radical (unpaired) electrons. The Balaban J connectivity index is 4.19. The fraction of sp³-hybridized carbons (Fsp3) is 0.849. The van der Waals surface area contributed by atoms with Crippen LogP contribution in [0.4, 0.5) is 0 Å². The molecule has 0 heterocycles. The fourth-order valence-electron chi connectivity index (χ4n) is 10.5. The Labute approximate surface area is 492 Å². The quantitative estimate of drug-likeness (QED) is 0.0261. The second kappa shape index (κ2) is 67.9. The molecule has 0 rings (SSSR count). The van der Waals surface area contributed by atoms with E-state index in [1.54, 1.807) is 0 Å². The van der Waals surface area contributed by atoms with Crippen LogP contribution in [0.25, 0.3) is 0 Å². The predicted octanol–water partition coefficient (Wildman–Crippen LogP) is 24.1. The van der Waals surface area contributed by atoms with Crippen LogP contribution in [0.15, 0.2) is 48.6 Å². The lowest BCUT2D eigenvalue weighted by atomic mass is 10.0. The average Bonchev–Trinajstić information content (AvgIpc) is 3.45. The molecule has 0 aromatic heterocycles. The van der Waals surface area contributed by atoms with Gasteiger partial charge in [0.05, 0.1) is 0 Å². The Hall–Kier alpha value is -2.63. The molecule has 0 N–H and O–H groups in total. The summed E-state index contributed by atoms with van der Waals surface area (Å²) in [5.41, 5.74) is 0. The molecule has 0 spiro atoms. The Morgan fingerprint density at radius 3 is 0.747 bits per heavy atom. The number of esters is 3. The maximum absolute atomic E-state index is 12.9. The van der Waals surface area contributed by atoms with Crippen LogP contribution in [0.3, 0.4) is 0 Å². The lowest BCUT2D eigenvalue weighted by Gasteiger charge is -2.18. The molecule has 1 unspecified atom stereocenters. The summed E-state index contributed by atoms with van der Waals surface area (Å²) in [6.45, 7) is 6.64. The Morgan fingerprint density at radius 2 is 0.468 bits per heavy atom. The summed E-state index contributed by atoms with van der Waals surface area (Å²) in [7, 11) is 0. The predicted molar refractivity (Wildman–Crippen MR) is 344 cm³/mol. The van der Waals surface area contributed by atoms with E-state index in [2.05, 4.69) is 69.4 Å². The molecule has 0 aliphatic heterocycles. The summed E-state index contributed by atoms with van der Waals surface area (Å²) >= 11 is 0. The molecule has 0 amide bonds. The minimum atomic E-state index is -0.777. The van der Waals surface area contributed by atoms with Gasteiger partial charge < -0.3 is 14.2 Å². The van der Waals surface area contributed by atoms with Crippen molar-refractivity contribution in [3.63, 3.8) is 0 Å². The van der Waals surface area contributed by atoms with Gasteiger partial charge in [0.15, 0.2) is 6.10 Å². The highest BCUT2D eigenvalue weighted by atomic mass is 16.6. The van der Waals surface area contributed by atoms with Gasteiger partial charge in [-0.15, -0.1) is 0 Å². The third-order valence-corrected chi connectivity index (χ3v) is 15.8. The van der Waals surface area contributed by atoms with E-state index in [1.807, 2.05) is 0 Å². The van der Waals surface area contributed by atoms with Gasteiger partial charge in [-0.25, -0.2) is 0 Å². The molecule has 462 valence electrons. The van der Waals surface area contributed by atoms with Gasteiger partial charge in [0.2, 0.25) is 0 Å². The van der Waals surface area contributed by atoms with Gasteiger partial charge in [0.25, 0.3) is 0 Å². The molecule has 0 aliphatic rings. The van der Waals surface area contributed by atoms with Crippen LogP contribution in [-0.2, 0) is 28.6 Å². The zero-order chi connectivity index (χ0) is 57.1. The molecule has 1 atom stereocenters. The van der Waals surface area contributed by atoms with Crippen LogP contribution in [0.2, 0.25) is 0 Å². The van der Waals surface area contributed by atoms with Crippen LogP contribution in [0.1, 0.15) is 380 Å². The van der Waals surface area contributed by atoms with E-state index >= 15 is 0 Å². The molecule has 0 aromatic rings. The average molecular weight is 1110 g/mol. The molecule has 0 fully saturated rings. The summed E-state index contributed by atoms with van der Waals surface area (Å²) in [5.74, 6) is -0.863. The minimum absolute atomic E-state index is 0.0731. The summed E-state index contributed by atoms with van der Waals surface area (Å²) in [6.07, 6.45) is 85.8. The standard InChI is InChI=1S/C73H134O6/c1-4-7-10-13-16-19-22-24-26-28-30-32-34-35-36-37-39-40-42-44-46-48-51-54-57-60-63-66-72(75)78-69-70(68-77-71(74)65-62-59-56-53-50-21-18-15-12-9-6-3)79-73(76)67-64-61-58-55-52-49-47-45-43-41-38-33-31-29-27-25-23-20-17-14-11-8-5-2/h15,18,23,25,28-31,70H,4-14,16-17,19-22,24,26-27,32-69H2,1-3H3/b18-15-,25-23-,30-28-,31-29-. The summed E-state index contributed by atoms with van der Waals surface area (Å²) in [5, 5.41) is 0. The van der Waals surface area contributed by atoms with Gasteiger partial charge in [-0.2, -0.15) is 0 Å². The molecule has 6 nitrogen and oxygen atoms in total. The van der Waals surface area contributed by atoms with Crippen molar-refractivity contribution in [1.29, 1.82) is 0 Å². The van der Waals surface area contributed by atoms with E-state index in [9.17, 15) is 14.4 Å². The van der Waals surface area contributed by atoms with Gasteiger partial charge in [-0.3, -0.25) is 14.4 Å². The maximum atomic E-state index is 12.9. The number of allylic oxidation sites excluding steroid dienone is 8. The topological polar surface area (TPSA) is 78.9 Å². The van der Waals surface area contributed by atoms with Crippen molar-refractivity contribution in [3.05, 3.63) is 48.6 Å². The molecule has 79 heavy (non-hydrogen) atoms. The number of carbonyl (C=O) groups is 3. The van der Waals surface area contributed by atoms with Crippen LogP contribution in [0.5, 0.6) is 0 Å². The first-order valence-corrected chi connectivity index (χ1v) is 35.1. The largest absolute Gasteiger partial charge is 0.462 e. The molecular weight excluding hydrogens is 973 g/mol. The van der Waals surface area contributed by atoms with E-state index in [4.69, 9.17) is 14.2 Å². The number of hydrogen-bond donors (Lipinski definition) is 0. The zero-order valence-electron chi connectivity index (χ0n) is 53.2. The molecular formula is C73H134O6. The van der Waals surface area contributed by atoms with E-state index in [0.29, 0.717) is 19.3 Å². The molecule has 0 aliphatic carbocycles. The monoisotopic (exact) mass is 1110 g/mol. The normalized spacial score (nSPS) is 12.3. The van der Waals surface area contributed by atoms with Crippen molar-refractivity contribution < 1.29 is 28.6 Å². The molecule has 0 saturated carbocycles. The number of unbranched alkanes of at least 4 members (excludes halogenated alkanes) is 46. The highest BCUT2D eigenvalue weighted by molar-refractivity contribution is 5.71. The van der Waals surface area contributed by atoms with Gasteiger partial charge in [0, 0.05) is 19.3 Å². The Bertz CT molecular complexity index is 1360. The van der Waals surface area contributed by atoms with E-state index in [-0.39, 0.29) is 31.1 Å². The van der Waals surface area contributed by atoms with Crippen molar-refractivity contribution in [1.82, 2.24) is 0 Å². The number of ether oxygens (including phenoxy) is 3. The summed E-state index contributed by atoms with van der Waals surface area (Å²) < 4.78 is 17.0.